The van der Waals surface area contributed by atoms with Crippen LogP contribution in [-0.4, -0.2) is 31.6 Å². The molecule has 0 aliphatic heterocycles. The van der Waals surface area contributed by atoms with Crippen LogP contribution in [0.3, 0.4) is 0 Å². The highest BCUT2D eigenvalue weighted by molar-refractivity contribution is 7.07. The highest BCUT2D eigenvalue weighted by Crippen LogP contribution is 2.40. The molecular formula is C36H36F3N5O2S. The Morgan fingerprint density at radius 2 is 1.79 bits per heavy atom. The third-order valence-corrected chi connectivity index (χ3v) is 9.56. The summed E-state index contributed by atoms with van der Waals surface area (Å²) in [4.78, 5) is 22.9. The van der Waals surface area contributed by atoms with Gasteiger partial charge >= 0.3 is 6.36 Å². The molecule has 1 amide bonds. The first-order valence-corrected chi connectivity index (χ1v) is 16.6. The van der Waals surface area contributed by atoms with Crippen molar-refractivity contribution in [1.29, 1.82) is 0 Å². The number of hydrogen-bond acceptors (Lipinski definition) is 5. The van der Waals surface area contributed by atoms with Gasteiger partial charge < -0.3 is 4.74 Å². The number of hydrogen-bond donors (Lipinski definition) is 0. The highest BCUT2D eigenvalue weighted by atomic mass is 32.1. The molecule has 47 heavy (non-hydrogen) atoms. The standard InChI is InChI=1S/C36H36F3N5O2S/c1-22(2)31-16-5-23(3)17-32(31)44-24(4)20-47-35(44)41-33(45)19-25-6-7-28(18-25)26-8-10-27(11-9-26)34-40-21-43(42-34)29-12-14-30(15-13-29)46-36(37,38)39/h5,8-17,20-22,25,28H,6-7,18-19H2,1-4H3. The Bertz CT molecular complexity index is 1940. The molecule has 7 nitrogen and oxygen atoms in total. The number of rotatable bonds is 8. The van der Waals surface area contributed by atoms with Crippen LogP contribution >= 0.6 is 11.3 Å². The minimum Gasteiger partial charge on any atom is -0.406 e. The van der Waals surface area contributed by atoms with Crippen LogP contribution in [-0.2, 0) is 4.79 Å². The van der Waals surface area contributed by atoms with Crippen LogP contribution in [0.5, 0.6) is 5.75 Å². The number of amides is 1. The maximum atomic E-state index is 13.2. The minimum absolute atomic E-state index is 0.0791. The fourth-order valence-electron chi connectivity index (χ4n) is 6.29. The number of carbonyl (C=O) groups is 1. The summed E-state index contributed by atoms with van der Waals surface area (Å²) in [6.07, 6.45) is 0.133. The Morgan fingerprint density at radius 3 is 2.49 bits per heavy atom. The molecule has 3 aromatic carbocycles. The second kappa shape index (κ2) is 13.3. The van der Waals surface area contributed by atoms with Crippen molar-refractivity contribution in [1.82, 2.24) is 19.3 Å². The van der Waals surface area contributed by atoms with Crippen LogP contribution < -0.4 is 9.54 Å². The summed E-state index contributed by atoms with van der Waals surface area (Å²) in [5, 5.41) is 6.56. The van der Waals surface area contributed by atoms with Gasteiger partial charge in [0.25, 0.3) is 0 Å². The summed E-state index contributed by atoms with van der Waals surface area (Å²) in [5.41, 5.74) is 7.16. The molecule has 11 heteroatoms. The second-order valence-corrected chi connectivity index (χ2v) is 13.3. The molecule has 2 aromatic heterocycles. The molecule has 0 radical (unpaired) electrons. The van der Waals surface area contributed by atoms with Crippen LogP contribution in [0.15, 0.2) is 83.4 Å². The summed E-state index contributed by atoms with van der Waals surface area (Å²) < 4.78 is 44.9. The number of aromatic nitrogens is 4. The van der Waals surface area contributed by atoms with E-state index in [4.69, 9.17) is 0 Å². The van der Waals surface area contributed by atoms with E-state index in [-0.39, 0.29) is 17.6 Å². The first-order chi connectivity index (χ1) is 22.4. The maximum absolute atomic E-state index is 13.2. The quantitative estimate of drug-likeness (QED) is 0.167. The number of thiazole rings is 1. The number of halogens is 3. The van der Waals surface area contributed by atoms with Crippen LogP contribution in [0, 0.1) is 19.8 Å². The van der Waals surface area contributed by atoms with E-state index in [0.717, 1.165) is 36.2 Å². The Kier molecular flexibility index (Phi) is 9.18. The van der Waals surface area contributed by atoms with Gasteiger partial charge in [-0.1, -0.05) is 50.2 Å². The number of ether oxygens (including phenoxy) is 1. The first kappa shape index (κ1) is 32.4. The van der Waals surface area contributed by atoms with Crippen molar-refractivity contribution in [2.24, 2.45) is 10.9 Å². The zero-order valence-electron chi connectivity index (χ0n) is 26.7. The number of aryl methyl sites for hydroxylation is 2. The normalized spacial score (nSPS) is 17.1. The highest BCUT2D eigenvalue weighted by Gasteiger charge is 2.31. The van der Waals surface area contributed by atoms with Gasteiger partial charge in [-0.25, -0.2) is 9.67 Å². The van der Waals surface area contributed by atoms with Crippen molar-refractivity contribution < 1.29 is 22.7 Å². The van der Waals surface area contributed by atoms with Crippen molar-refractivity contribution in [3.63, 3.8) is 0 Å². The van der Waals surface area contributed by atoms with Gasteiger partial charge in [-0.05, 0) is 97.9 Å². The Labute approximate surface area is 275 Å². The molecule has 1 fully saturated rings. The molecule has 1 aliphatic carbocycles. The Balaban J connectivity index is 1.09. The molecule has 2 atom stereocenters. The third kappa shape index (κ3) is 7.56. The lowest BCUT2D eigenvalue weighted by Crippen LogP contribution is -2.19. The SMILES string of the molecule is Cc1ccc(C(C)C)c(-n2c(C)csc2=NC(=O)CC2CCC(c3ccc(-c4ncn(-c5ccc(OC(F)(F)F)cc5)n4)cc3)C2)c1. The summed E-state index contributed by atoms with van der Waals surface area (Å²) in [6.45, 7) is 8.50. The Hall–Kier alpha value is -4.51. The molecule has 1 aliphatic rings. The number of nitrogens with zero attached hydrogens (tertiary/aromatic N) is 5. The summed E-state index contributed by atoms with van der Waals surface area (Å²) in [7, 11) is 0. The average Bonchev–Trinajstić information content (AvgIpc) is 3.77. The molecule has 2 heterocycles. The van der Waals surface area contributed by atoms with E-state index in [9.17, 15) is 18.0 Å². The largest absolute Gasteiger partial charge is 0.573 e. The van der Waals surface area contributed by atoms with E-state index in [2.05, 4.69) is 87.8 Å². The number of benzene rings is 3. The van der Waals surface area contributed by atoms with Gasteiger partial charge in [0.05, 0.1) is 11.4 Å². The van der Waals surface area contributed by atoms with Crippen LogP contribution in [0.1, 0.15) is 73.8 Å². The lowest BCUT2D eigenvalue weighted by molar-refractivity contribution is -0.274. The van der Waals surface area contributed by atoms with E-state index in [1.807, 2.05) is 12.1 Å². The fourth-order valence-corrected chi connectivity index (χ4v) is 7.17. The molecule has 0 bridgehead atoms. The average molecular weight is 660 g/mol. The maximum Gasteiger partial charge on any atom is 0.573 e. The van der Waals surface area contributed by atoms with Gasteiger partial charge in [-0.2, -0.15) is 4.99 Å². The predicted octanol–water partition coefficient (Wildman–Crippen LogP) is 8.83. The lowest BCUT2D eigenvalue weighted by Gasteiger charge is -2.16. The molecule has 6 rings (SSSR count). The van der Waals surface area contributed by atoms with E-state index >= 15 is 0 Å². The summed E-state index contributed by atoms with van der Waals surface area (Å²) in [5.74, 6) is 1.12. The van der Waals surface area contributed by atoms with Gasteiger partial charge in [0.2, 0.25) is 5.91 Å². The number of alkyl halides is 3. The predicted molar refractivity (Wildman–Crippen MR) is 176 cm³/mol. The van der Waals surface area contributed by atoms with Crippen molar-refractivity contribution >= 4 is 17.2 Å². The van der Waals surface area contributed by atoms with E-state index in [0.29, 0.717) is 34.6 Å². The van der Waals surface area contributed by atoms with Crippen molar-refractivity contribution in [2.45, 2.75) is 71.6 Å². The van der Waals surface area contributed by atoms with Gasteiger partial charge in [0.15, 0.2) is 10.6 Å². The first-order valence-electron chi connectivity index (χ1n) is 15.7. The van der Waals surface area contributed by atoms with E-state index in [1.165, 1.54) is 63.3 Å². The molecular weight excluding hydrogens is 623 g/mol. The van der Waals surface area contributed by atoms with Gasteiger partial charge in [-0.3, -0.25) is 9.36 Å². The summed E-state index contributed by atoms with van der Waals surface area (Å²) >= 11 is 1.50. The van der Waals surface area contributed by atoms with E-state index < -0.39 is 6.36 Å². The van der Waals surface area contributed by atoms with Crippen molar-refractivity contribution in [2.75, 3.05) is 0 Å². The van der Waals surface area contributed by atoms with Gasteiger partial charge in [-0.15, -0.1) is 29.6 Å². The summed E-state index contributed by atoms with van der Waals surface area (Å²) in [6, 6.07) is 20.1. The molecule has 0 spiro atoms. The smallest absolute Gasteiger partial charge is 0.406 e. The van der Waals surface area contributed by atoms with Gasteiger partial charge in [0.1, 0.15) is 12.1 Å². The second-order valence-electron chi connectivity index (χ2n) is 12.5. The minimum atomic E-state index is -4.74. The van der Waals surface area contributed by atoms with Crippen LogP contribution in [0.25, 0.3) is 22.8 Å². The fraction of sp³-hybridized carbons (Fsp3) is 0.333. The topological polar surface area (TPSA) is 74.3 Å². The van der Waals surface area contributed by atoms with E-state index in [1.54, 1.807) is 0 Å². The zero-order chi connectivity index (χ0) is 33.3. The molecule has 0 saturated heterocycles. The van der Waals surface area contributed by atoms with Crippen LogP contribution in [0.2, 0.25) is 0 Å². The van der Waals surface area contributed by atoms with Crippen LogP contribution in [0.4, 0.5) is 13.2 Å². The molecule has 0 N–H and O–H groups in total. The molecule has 2 unspecified atom stereocenters. The lowest BCUT2D eigenvalue weighted by atomic mass is 9.94. The van der Waals surface area contributed by atoms with Crippen molar-refractivity contribution in [3.05, 3.63) is 106 Å². The monoisotopic (exact) mass is 659 g/mol. The number of carbonyl (C=O) groups excluding carboxylic acids is 1. The molecule has 1 saturated carbocycles. The Morgan fingerprint density at radius 1 is 1.04 bits per heavy atom. The van der Waals surface area contributed by atoms with Gasteiger partial charge in [0, 0.05) is 23.1 Å². The molecule has 244 valence electrons. The van der Waals surface area contributed by atoms with Crippen molar-refractivity contribution in [3.8, 4) is 28.5 Å². The zero-order valence-corrected chi connectivity index (χ0v) is 27.5. The molecule has 5 aromatic rings. The third-order valence-electron chi connectivity index (χ3n) is 8.62.